The van der Waals surface area contributed by atoms with Gasteiger partial charge in [0.25, 0.3) is 0 Å². The van der Waals surface area contributed by atoms with Crippen LogP contribution in [0.3, 0.4) is 0 Å². The normalized spacial score (nSPS) is 13.9. The van der Waals surface area contributed by atoms with Crippen LogP contribution in [0.25, 0.3) is 11.4 Å². The molecule has 26 heavy (non-hydrogen) atoms. The second-order valence-corrected chi connectivity index (χ2v) is 6.72. The lowest BCUT2D eigenvalue weighted by Gasteiger charge is -2.11. The number of nitrogens with zero attached hydrogens (tertiary/aromatic N) is 3. The molecule has 0 fully saturated rings. The van der Waals surface area contributed by atoms with Crippen molar-refractivity contribution in [2.45, 2.75) is 32.2 Å². The van der Waals surface area contributed by atoms with Crippen LogP contribution in [0, 0.1) is 0 Å². The number of methoxy groups -OCH3 is 1. The van der Waals surface area contributed by atoms with Gasteiger partial charge in [0.05, 0.1) is 18.2 Å². The standard InChI is InChI=1S/C18H24ClN5O2/c1-26-10-8-20-12-17(25)21-13-6-7-15(19)14(11-13)18-23-22-16-5-3-2-4-9-24(16)18/h6-7,11,20H,2-5,8-10,12H2,1H3,(H,21,25). The van der Waals surface area contributed by atoms with Crippen LogP contribution in [0.15, 0.2) is 18.2 Å². The third kappa shape index (κ3) is 4.60. The Bertz CT molecular complexity index is 762. The molecule has 0 radical (unpaired) electrons. The highest BCUT2D eigenvalue weighted by atomic mass is 35.5. The van der Waals surface area contributed by atoms with E-state index in [0.29, 0.717) is 23.9 Å². The van der Waals surface area contributed by atoms with E-state index < -0.39 is 0 Å². The molecule has 1 aliphatic heterocycles. The zero-order valence-corrected chi connectivity index (χ0v) is 15.7. The van der Waals surface area contributed by atoms with Crippen LogP contribution in [0.4, 0.5) is 5.69 Å². The molecule has 2 N–H and O–H groups in total. The molecule has 0 spiro atoms. The van der Waals surface area contributed by atoms with Gasteiger partial charge < -0.3 is 19.9 Å². The lowest BCUT2D eigenvalue weighted by Crippen LogP contribution is -2.30. The molecule has 2 heterocycles. The lowest BCUT2D eigenvalue weighted by molar-refractivity contribution is -0.115. The number of nitrogens with one attached hydrogen (secondary N) is 2. The Labute approximate surface area is 158 Å². The summed E-state index contributed by atoms with van der Waals surface area (Å²) in [5.74, 6) is 1.65. The molecule has 1 amide bonds. The summed E-state index contributed by atoms with van der Waals surface area (Å²) < 4.78 is 7.09. The fraction of sp³-hybridized carbons (Fsp3) is 0.500. The number of amides is 1. The second-order valence-electron chi connectivity index (χ2n) is 6.31. The Balaban J connectivity index is 1.74. The summed E-state index contributed by atoms with van der Waals surface area (Å²) in [6.07, 6.45) is 4.38. The van der Waals surface area contributed by atoms with Crippen LogP contribution in [-0.2, 0) is 22.5 Å². The first-order valence-electron chi connectivity index (χ1n) is 8.90. The number of hydrogen-bond donors (Lipinski definition) is 2. The summed E-state index contributed by atoms with van der Waals surface area (Å²) in [4.78, 5) is 12.1. The van der Waals surface area contributed by atoms with Gasteiger partial charge in [0.1, 0.15) is 5.82 Å². The van der Waals surface area contributed by atoms with Crippen molar-refractivity contribution in [1.82, 2.24) is 20.1 Å². The van der Waals surface area contributed by atoms with Gasteiger partial charge in [-0.3, -0.25) is 4.79 Å². The van der Waals surface area contributed by atoms with E-state index in [9.17, 15) is 4.79 Å². The van der Waals surface area contributed by atoms with Crippen molar-refractivity contribution in [3.8, 4) is 11.4 Å². The predicted octanol–water partition coefficient (Wildman–Crippen LogP) is 2.50. The third-order valence-corrected chi connectivity index (χ3v) is 4.70. The molecule has 2 aromatic rings. The minimum Gasteiger partial charge on any atom is -0.383 e. The molecule has 0 bridgehead atoms. The van der Waals surface area contributed by atoms with Crippen molar-refractivity contribution in [2.24, 2.45) is 0 Å². The average Bonchev–Trinajstić information content (AvgIpc) is 2.88. The van der Waals surface area contributed by atoms with Gasteiger partial charge in [0.2, 0.25) is 5.91 Å². The Kier molecular flexibility index (Phi) is 6.60. The lowest BCUT2D eigenvalue weighted by atomic mass is 10.1. The summed E-state index contributed by atoms with van der Waals surface area (Å²) in [6.45, 7) is 2.31. The minimum atomic E-state index is -0.116. The van der Waals surface area contributed by atoms with Crippen molar-refractivity contribution in [3.05, 3.63) is 29.0 Å². The Morgan fingerprint density at radius 3 is 3.04 bits per heavy atom. The second kappa shape index (κ2) is 9.12. The number of rotatable bonds is 7. The maximum atomic E-state index is 12.1. The first kappa shape index (κ1) is 18.8. The van der Waals surface area contributed by atoms with E-state index in [0.717, 1.165) is 43.0 Å². The molecule has 0 aliphatic carbocycles. The highest BCUT2D eigenvalue weighted by Gasteiger charge is 2.18. The molecule has 0 saturated heterocycles. The van der Waals surface area contributed by atoms with E-state index in [4.69, 9.17) is 16.3 Å². The number of anilines is 1. The molecule has 3 rings (SSSR count). The van der Waals surface area contributed by atoms with Gasteiger partial charge in [0, 0.05) is 37.9 Å². The van der Waals surface area contributed by atoms with Gasteiger partial charge in [-0.05, 0) is 31.0 Å². The molecule has 1 aromatic heterocycles. The molecule has 140 valence electrons. The van der Waals surface area contributed by atoms with Crippen LogP contribution in [-0.4, -0.2) is 47.5 Å². The zero-order chi connectivity index (χ0) is 18.4. The summed E-state index contributed by atoms with van der Waals surface area (Å²) in [5, 5.41) is 15.2. The minimum absolute atomic E-state index is 0.116. The number of ether oxygens (including phenoxy) is 1. The zero-order valence-electron chi connectivity index (χ0n) is 14.9. The first-order valence-corrected chi connectivity index (χ1v) is 9.28. The van der Waals surface area contributed by atoms with Crippen LogP contribution < -0.4 is 10.6 Å². The number of benzene rings is 1. The molecule has 8 heteroatoms. The maximum absolute atomic E-state index is 12.1. The van der Waals surface area contributed by atoms with Gasteiger partial charge in [-0.2, -0.15) is 0 Å². The van der Waals surface area contributed by atoms with Gasteiger partial charge in [-0.15, -0.1) is 10.2 Å². The SMILES string of the molecule is COCCNCC(=O)Nc1ccc(Cl)c(-c2nnc3n2CCCCC3)c1. The number of hydrogen-bond acceptors (Lipinski definition) is 5. The molecule has 0 saturated carbocycles. The molecule has 1 aromatic carbocycles. The quantitative estimate of drug-likeness (QED) is 0.724. The number of halogens is 1. The van der Waals surface area contributed by atoms with E-state index >= 15 is 0 Å². The molecule has 1 aliphatic rings. The van der Waals surface area contributed by atoms with Crippen molar-refractivity contribution in [1.29, 1.82) is 0 Å². The number of fused-ring (bicyclic) bond motifs is 1. The molecular formula is C18H24ClN5O2. The van der Waals surface area contributed by atoms with Crippen LogP contribution in [0.2, 0.25) is 5.02 Å². The van der Waals surface area contributed by atoms with Crippen LogP contribution in [0.5, 0.6) is 0 Å². The van der Waals surface area contributed by atoms with Gasteiger partial charge >= 0.3 is 0 Å². The van der Waals surface area contributed by atoms with Crippen molar-refractivity contribution >= 4 is 23.2 Å². The molecule has 7 nitrogen and oxygen atoms in total. The predicted molar refractivity (Wildman–Crippen MR) is 101 cm³/mol. The summed E-state index contributed by atoms with van der Waals surface area (Å²) in [7, 11) is 1.63. The Morgan fingerprint density at radius 2 is 2.19 bits per heavy atom. The summed E-state index contributed by atoms with van der Waals surface area (Å²) in [6, 6.07) is 5.43. The largest absolute Gasteiger partial charge is 0.383 e. The highest BCUT2D eigenvalue weighted by Crippen LogP contribution is 2.31. The maximum Gasteiger partial charge on any atom is 0.238 e. The van der Waals surface area contributed by atoms with Crippen molar-refractivity contribution in [3.63, 3.8) is 0 Å². The van der Waals surface area contributed by atoms with Gasteiger partial charge in [0.15, 0.2) is 5.82 Å². The Hall–Kier alpha value is -1.96. The first-order chi connectivity index (χ1) is 12.7. The van der Waals surface area contributed by atoms with E-state index in [1.165, 1.54) is 6.42 Å². The van der Waals surface area contributed by atoms with E-state index in [1.54, 1.807) is 19.2 Å². The van der Waals surface area contributed by atoms with E-state index in [2.05, 4.69) is 25.4 Å². The average molecular weight is 378 g/mol. The van der Waals surface area contributed by atoms with E-state index in [1.807, 2.05) is 6.07 Å². The number of carbonyl (C=O) groups excluding carboxylic acids is 1. The molecule has 0 atom stereocenters. The Morgan fingerprint density at radius 1 is 1.31 bits per heavy atom. The fourth-order valence-corrected chi connectivity index (χ4v) is 3.24. The van der Waals surface area contributed by atoms with Gasteiger partial charge in [-0.1, -0.05) is 18.0 Å². The topological polar surface area (TPSA) is 81.1 Å². The summed E-state index contributed by atoms with van der Waals surface area (Å²) >= 11 is 6.41. The number of aryl methyl sites for hydroxylation is 1. The molecular weight excluding hydrogens is 354 g/mol. The van der Waals surface area contributed by atoms with Crippen LogP contribution >= 0.6 is 11.6 Å². The van der Waals surface area contributed by atoms with Gasteiger partial charge in [-0.25, -0.2) is 0 Å². The van der Waals surface area contributed by atoms with Crippen molar-refractivity contribution in [2.75, 3.05) is 32.1 Å². The third-order valence-electron chi connectivity index (χ3n) is 4.37. The molecule has 0 unspecified atom stereocenters. The monoisotopic (exact) mass is 377 g/mol. The van der Waals surface area contributed by atoms with Crippen molar-refractivity contribution < 1.29 is 9.53 Å². The summed E-state index contributed by atoms with van der Waals surface area (Å²) in [5.41, 5.74) is 1.48. The fourth-order valence-electron chi connectivity index (χ4n) is 3.04. The number of aromatic nitrogens is 3. The smallest absolute Gasteiger partial charge is 0.238 e. The van der Waals surface area contributed by atoms with E-state index in [-0.39, 0.29) is 12.5 Å². The van der Waals surface area contributed by atoms with Crippen LogP contribution in [0.1, 0.15) is 25.1 Å². The highest BCUT2D eigenvalue weighted by molar-refractivity contribution is 6.33. The number of carbonyl (C=O) groups is 1.